The summed E-state index contributed by atoms with van der Waals surface area (Å²) in [5.41, 5.74) is 1.21. The lowest BCUT2D eigenvalue weighted by Crippen LogP contribution is -2.19. The molecule has 0 saturated carbocycles. The van der Waals surface area contributed by atoms with Gasteiger partial charge in [-0.25, -0.2) is 4.79 Å². The van der Waals surface area contributed by atoms with Crippen LogP contribution < -0.4 is 5.32 Å². The molecule has 0 spiro atoms. The highest BCUT2D eigenvalue weighted by Crippen LogP contribution is 2.31. The molecule has 1 aliphatic heterocycles. The summed E-state index contributed by atoms with van der Waals surface area (Å²) >= 11 is 1.19. The van der Waals surface area contributed by atoms with Crippen LogP contribution in [0.5, 0.6) is 0 Å². The molecule has 7 heteroatoms. The third-order valence-corrected chi connectivity index (χ3v) is 3.67. The molecular formula is C11H6N2O4S. The molecular weight excluding hydrogens is 256 g/mol. The van der Waals surface area contributed by atoms with Crippen molar-refractivity contribution in [1.82, 2.24) is 10.3 Å². The first-order valence-electron chi connectivity index (χ1n) is 4.97. The van der Waals surface area contributed by atoms with E-state index in [4.69, 9.17) is 0 Å². The van der Waals surface area contributed by atoms with Gasteiger partial charge in [-0.1, -0.05) is 0 Å². The second kappa shape index (κ2) is 3.61. The van der Waals surface area contributed by atoms with Gasteiger partial charge in [-0.2, -0.15) is 0 Å². The number of thiophene rings is 1. The third-order valence-electron chi connectivity index (χ3n) is 2.69. The van der Waals surface area contributed by atoms with Gasteiger partial charge in [0.1, 0.15) is 0 Å². The number of nitrogens with zero attached hydrogens (tertiary/aromatic N) is 1. The van der Waals surface area contributed by atoms with E-state index in [2.05, 4.69) is 15.0 Å². The number of hydrogen-bond donors (Lipinski definition) is 1. The minimum atomic E-state index is -0.515. The number of imide groups is 1. The maximum atomic E-state index is 11.7. The van der Waals surface area contributed by atoms with Gasteiger partial charge in [0.15, 0.2) is 0 Å². The normalized spacial score (nSPS) is 13.6. The van der Waals surface area contributed by atoms with Crippen LogP contribution >= 0.6 is 11.3 Å². The fraction of sp³-hybridized carbons (Fsp3) is 0.0909. The lowest BCUT2D eigenvalue weighted by Gasteiger charge is -1.98. The van der Waals surface area contributed by atoms with Crippen LogP contribution in [0.2, 0.25) is 0 Å². The van der Waals surface area contributed by atoms with Crippen LogP contribution in [0.4, 0.5) is 0 Å². The highest BCUT2D eigenvalue weighted by atomic mass is 32.1. The highest BCUT2D eigenvalue weighted by molar-refractivity contribution is 7.18. The number of esters is 1. The topological polar surface area (TPSA) is 85.4 Å². The van der Waals surface area contributed by atoms with E-state index in [9.17, 15) is 14.4 Å². The molecule has 1 N–H and O–H groups in total. The van der Waals surface area contributed by atoms with Gasteiger partial charge in [0.2, 0.25) is 0 Å². The van der Waals surface area contributed by atoms with Gasteiger partial charge in [-0.15, -0.1) is 11.3 Å². The van der Waals surface area contributed by atoms with Gasteiger partial charge in [0.25, 0.3) is 11.8 Å². The predicted molar refractivity (Wildman–Crippen MR) is 62.8 cm³/mol. The second-order valence-electron chi connectivity index (χ2n) is 3.65. The van der Waals surface area contributed by atoms with Crippen LogP contribution in [0.3, 0.4) is 0 Å². The zero-order chi connectivity index (χ0) is 12.9. The van der Waals surface area contributed by atoms with Crippen LogP contribution in [-0.2, 0) is 4.74 Å². The molecule has 3 rings (SSSR count). The van der Waals surface area contributed by atoms with E-state index in [-0.39, 0.29) is 11.1 Å². The largest absolute Gasteiger partial charge is 0.465 e. The molecule has 0 aromatic carbocycles. The molecule has 6 nitrogen and oxygen atoms in total. The monoisotopic (exact) mass is 262 g/mol. The summed E-state index contributed by atoms with van der Waals surface area (Å²) in [5.74, 6) is -1.43. The zero-order valence-corrected chi connectivity index (χ0v) is 9.96. The summed E-state index contributed by atoms with van der Waals surface area (Å²) in [6.45, 7) is 0. The number of aromatic nitrogens is 1. The lowest BCUT2D eigenvalue weighted by molar-refractivity contribution is 0.0602. The maximum Gasteiger partial charge on any atom is 0.340 e. The van der Waals surface area contributed by atoms with Crippen molar-refractivity contribution in [2.45, 2.75) is 0 Å². The minimum Gasteiger partial charge on any atom is -0.465 e. The van der Waals surface area contributed by atoms with Crippen LogP contribution in [0, 0.1) is 0 Å². The van der Waals surface area contributed by atoms with Crippen molar-refractivity contribution in [2.75, 3.05) is 7.11 Å². The standard InChI is InChI=1S/C11H6N2O4S/c1-17-11(16)5-3-18-8-6-4(2-12-7(5)8)9(14)13-10(6)15/h2-3H,1H3,(H,13,14,15). The highest BCUT2D eigenvalue weighted by Gasteiger charge is 2.31. The summed E-state index contributed by atoms with van der Waals surface area (Å²) in [7, 11) is 1.27. The molecule has 0 aliphatic carbocycles. The van der Waals surface area contributed by atoms with E-state index in [1.54, 1.807) is 5.38 Å². The van der Waals surface area contributed by atoms with Gasteiger partial charge >= 0.3 is 5.97 Å². The van der Waals surface area contributed by atoms with Gasteiger partial charge in [0, 0.05) is 11.6 Å². The summed E-state index contributed by atoms with van der Waals surface area (Å²) in [5, 5.41) is 3.77. The minimum absolute atomic E-state index is 0.241. The quantitative estimate of drug-likeness (QED) is 0.611. The van der Waals surface area contributed by atoms with Gasteiger partial charge < -0.3 is 4.74 Å². The van der Waals surface area contributed by atoms with Crippen molar-refractivity contribution in [3.63, 3.8) is 0 Å². The predicted octanol–water partition coefficient (Wildman–Crippen LogP) is 0.966. The molecule has 0 unspecified atom stereocenters. The molecule has 0 saturated heterocycles. The smallest absolute Gasteiger partial charge is 0.340 e. The van der Waals surface area contributed by atoms with Crippen molar-refractivity contribution in [2.24, 2.45) is 0 Å². The van der Waals surface area contributed by atoms with Gasteiger partial charge in [-0.05, 0) is 0 Å². The third kappa shape index (κ3) is 1.28. The Labute approximate surface area is 105 Å². The summed E-state index contributed by atoms with van der Waals surface area (Å²) in [6.07, 6.45) is 1.30. The number of pyridine rings is 1. The Balaban J connectivity index is 2.33. The second-order valence-corrected chi connectivity index (χ2v) is 4.53. The molecule has 2 aromatic heterocycles. The Bertz CT molecular complexity index is 719. The van der Waals surface area contributed by atoms with Crippen molar-refractivity contribution in [3.8, 4) is 0 Å². The molecule has 0 atom stereocenters. The summed E-state index contributed by atoms with van der Waals surface area (Å²) < 4.78 is 5.15. The first-order valence-corrected chi connectivity index (χ1v) is 5.85. The SMILES string of the molecule is COC(=O)c1csc2c3c(cnc12)C(=O)NC3=O. The number of carbonyl (C=O) groups is 3. The Hall–Kier alpha value is -2.28. The van der Waals surface area contributed by atoms with Crippen LogP contribution in [0.25, 0.3) is 10.2 Å². The first-order chi connectivity index (χ1) is 8.63. The van der Waals surface area contributed by atoms with Crippen molar-refractivity contribution in [3.05, 3.63) is 28.3 Å². The van der Waals surface area contributed by atoms with Gasteiger partial charge in [0.05, 0.1) is 34.0 Å². The molecule has 90 valence electrons. The molecule has 1 aliphatic rings. The number of carbonyl (C=O) groups excluding carboxylic acids is 3. The van der Waals surface area contributed by atoms with E-state index < -0.39 is 17.8 Å². The Morgan fingerprint density at radius 1 is 1.39 bits per heavy atom. The molecule has 3 heterocycles. The molecule has 2 aromatic rings. The fourth-order valence-corrected chi connectivity index (χ4v) is 2.90. The van der Waals surface area contributed by atoms with Crippen LogP contribution in [0.15, 0.2) is 11.6 Å². The van der Waals surface area contributed by atoms with E-state index >= 15 is 0 Å². The molecule has 2 amide bonds. The van der Waals surface area contributed by atoms with E-state index in [1.165, 1.54) is 24.6 Å². The number of nitrogens with one attached hydrogen (secondary N) is 1. The number of methoxy groups -OCH3 is 1. The number of fused-ring (bicyclic) bond motifs is 3. The summed E-state index contributed by atoms with van der Waals surface area (Å²) in [4.78, 5) is 38.7. The van der Waals surface area contributed by atoms with Gasteiger partial charge in [-0.3, -0.25) is 19.9 Å². The number of hydrogen-bond acceptors (Lipinski definition) is 6. The Morgan fingerprint density at radius 2 is 2.17 bits per heavy atom. The number of ether oxygens (including phenoxy) is 1. The van der Waals surface area contributed by atoms with Crippen LogP contribution in [-0.4, -0.2) is 29.9 Å². The molecule has 0 bridgehead atoms. The Morgan fingerprint density at radius 3 is 2.89 bits per heavy atom. The fourth-order valence-electron chi connectivity index (χ4n) is 1.86. The lowest BCUT2D eigenvalue weighted by atomic mass is 10.1. The zero-order valence-electron chi connectivity index (χ0n) is 9.14. The Kier molecular flexibility index (Phi) is 2.17. The average Bonchev–Trinajstić information content (AvgIpc) is 2.90. The van der Waals surface area contributed by atoms with Crippen molar-refractivity contribution >= 4 is 39.3 Å². The number of amides is 2. The van der Waals surface area contributed by atoms with E-state index in [1.807, 2.05) is 0 Å². The van der Waals surface area contributed by atoms with E-state index in [0.29, 0.717) is 15.8 Å². The van der Waals surface area contributed by atoms with Crippen molar-refractivity contribution in [1.29, 1.82) is 0 Å². The van der Waals surface area contributed by atoms with Crippen molar-refractivity contribution < 1.29 is 19.1 Å². The number of rotatable bonds is 1. The summed E-state index contributed by atoms with van der Waals surface area (Å²) in [6, 6.07) is 0. The van der Waals surface area contributed by atoms with E-state index in [0.717, 1.165) is 0 Å². The molecule has 18 heavy (non-hydrogen) atoms. The first kappa shape index (κ1) is 10.8. The molecule has 0 fully saturated rings. The maximum absolute atomic E-state index is 11.7. The average molecular weight is 262 g/mol. The van der Waals surface area contributed by atoms with Crippen LogP contribution in [0.1, 0.15) is 31.1 Å². The molecule has 0 radical (unpaired) electrons.